The van der Waals surface area contributed by atoms with Crippen LogP contribution in [0.25, 0.3) is 0 Å². The van der Waals surface area contributed by atoms with Gasteiger partial charge in [-0.05, 0) is 18.9 Å². The maximum atomic E-state index is 12.9. The summed E-state index contributed by atoms with van der Waals surface area (Å²) in [6, 6.07) is 3.94. The average molecular weight is 577 g/mol. The van der Waals surface area contributed by atoms with Crippen LogP contribution in [0.15, 0.2) is 18.3 Å². The number of nitrogens with one attached hydrogen (secondary N) is 1. The zero-order valence-corrected chi connectivity index (χ0v) is 21.0. The Balaban J connectivity index is 0.000000449. The standard InChI is InChI=1S/C18H27N3O4.2C2HF3O2/c1-23-11-8-20-17(22)18-6-10-25-15(18)5-9-21(13-18)12-14-4-3-7-19-16(14)24-2;2*3-2(4,5)1(6)7/h3-4,7,15H,5-6,8-13H2,1-2H3,(H,20,22);2*(H,6,7)/t15-,18-;;/m1../s1. The molecule has 17 heteroatoms. The van der Waals surface area contributed by atoms with Crippen LogP contribution in [0, 0.1) is 5.41 Å². The highest BCUT2D eigenvalue weighted by molar-refractivity contribution is 5.84. The van der Waals surface area contributed by atoms with E-state index < -0.39 is 29.7 Å². The van der Waals surface area contributed by atoms with Gasteiger partial charge in [0.2, 0.25) is 11.8 Å². The molecule has 2 atom stereocenters. The van der Waals surface area contributed by atoms with Crippen molar-refractivity contribution in [2.24, 2.45) is 5.41 Å². The molecule has 0 spiro atoms. The summed E-state index contributed by atoms with van der Waals surface area (Å²) in [6.45, 7) is 4.00. The minimum atomic E-state index is -5.08. The molecule has 2 fully saturated rings. The molecule has 0 radical (unpaired) electrons. The lowest BCUT2D eigenvalue weighted by atomic mass is 9.75. The highest BCUT2D eigenvalue weighted by atomic mass is 19.4. The summed E-state index contributed by atoms with van der Waals surface area (Å²) in [5.41, 5.74) is 0.568. The van der Waals surface area contributed by atoms with Gasteiger partial charge in [0.05, 0.1) is 25.2 Å². The number of carbonyl (C=O) groups is 3. The van der Waals surface area contributed by atoms with Crippen molar-refractivity contribution in [2.75, 3.05) is 47.1 Å². The average Bonchev–Trinajstić information content (AvgIpc) is 3.29. The van der Waals surface area contributed by atoms with Gasteiger partial charge in [-0.2, -0.15) is 26.3 Å². The number of carboxylic acid groups (broad SMARTS) is 2. The fourth-order valence-electron chi connectivity index (χ4n) is 3.90. The van der Waals surface area contributed by atoms with Crippen LogP contribution in [0.5, 0.6) is 5.88 Å². The summed E-state index contributed by atoms with van der Waals surface area (Å²) in [5, 5.41) is 17.3. The zero-order chi connectivity index (χ0) is 29.9. The van der Waals surface area contributed by atoms with Crippen LogP contribution < -0.4 is 10.1 Å². The third-order valence-corrected chi connectivity index (χ3v) is 5.66. The van der Waals surface area contributed by atoms with E-state index in [1.54, 1.807) is 20.4 Å². The summed E-state index contributed by atoms with van der Waals surface area (Å²) in [6.07, 6.45) is -6.82. The van der Waals surface area contributed by atoms with Crippen molar-refractivity contribution in [2.45, 2.75) is 37.8 Å². The number of fused-ring (bicyclic) bond motifs is 1. The number of hydrogen-bond donors (Lipinski definition) is 3. The maximum absolute atomic E-state index is 12.9. The van der Waals surface area contributed by atoms with Gasteiger partial charge >= 0.3 is 24.3 Å². The van der Waals surface area contributed by atoms with Crippen LogP contribution in [0.4, 0.5) is 26.3 Å². The third kappa shape index (κ3) is 10.5. The predicted octanol–water partition coefficient (Wildman–Crippen LogP) is 2.10. The van der Waals surface area contributed by atoms with E-state index in [0.717, 1.165) is 31.5 Å². The Bertz CT molecular complexity index is 938. The Kier molecular flexibility index (Phi) is 12.9. The first-order valence-electron chi connectivity index (χ1n) is 11.3. The molecule has 1 aromatic heterocycles. The van der Waals surface area contributed by atoms with Gasteiger partial charge < -0.3 is 29.7 Å². The van der Waals surface area contributed by atoms with Crippen molar-refractivity contribution in [1.29, 1.82) is 0 Å². The van der Waals surface area contributed by atoms with E-state index in [4.69, 9.17) is 34.0 Å². The van der Waals surface area contributed by atoms with Crippen LogP contribution in [0.3, 0.4) is 0 Å². The first-order chi connectivity index (χ1) is 18.1. The Hall–Kier alpha value is -3.18. The number of piperidine rings is 1. The molecule has 0 aliphatic carbocycles. The second kappa shape index (κ2) is 14.8. The molecule has 222 valence electrons. The molecule has 1 amide bonds. The Morgan fingerprint density at radius 1 is 1.15 bits per heavy atom. The molecule has 2 aliphatic heterocycles. The lowest BCUT2D eigenvalue weighted by Crippen LogP contribution is -2.57. The number of methoxy groups -OCH3 is 2. The molecule has 2 saturated heterocycles. The second-order valence-corrected chi connectivity index (χ2v) is 8.29. The Morgan fingerprint density at radius 3 is 2.26 bits per heavy atom. The van der Waals surface area contributed by atoms with Crippen molar-refractivity contribution in [3.8, 4) is 5.88 Å². The highest BCUT2D eigenvalue weighted by Gasteiger charge is 2.53. The van der Waals surface area contributed by atoms with Crippen molar-refractivity contribution in [1.82, 2.24) is 15.2 Å². The molecule has 3 rings (SSSR count). The van der Waals surface area contributed by atoms with E-state index in [9.17, 15) is 31.1 Å². The van der Waals surface area contributed by atoms with E-state index in [2.05, 4.69) is 15.2 Å². The van der Waals surface area contributed by atoms with Crippen LogP contribution in [0.1, 0.15) is 18.4 Å². The number of rotatable bonds is 7. The number of carboxylic acids is 2. The van der Waals surface area contributed by atoms with E-state index in [1.165, 1.54) is 0 Å². The fraction of sp³-hybridized carbons (Fsp3) is 0.636. The highest BCUT2D eigenvalue weighted by Crippen LogP contribution is 2.41. The van der Waals surface area contributed by atoms with Gasteiger partial charge in [-0.15, -0.1) is 0 Å². The molecule has 1 aromatic rings. The van der Waals surface area contributed by atoms with E-state index >= 15 is 0 Å². The van der Waals surface area contributed by atoms with Gasteiger partial charge in [-0.1, -0.05) is 6.07 Å². The molecule has 0 saturated carbocycles. The number of pyridine rings is 1. The Labute approximate surface area is 219 Å². The number of likely N-dealkylation sites (tertiary alicyclic amines) is 1. The predicted molar refractivity (Wildman–Crippen MR) is 120 cm³/mol. The number of aromatic nitrogens is 1. The van der Waals surface area contributed by atoms with Crippen molar-refractivity contribution < 1.29 is 65.1 Å². The largest absolute Gasteiger partial charge is 0.490 e. The van der Waals surface area contributed by atoms with Crippen LogP contribution >= 0.6 is 0 Å². The first-order valence-corrected chi connectivity index (χ1v) is 11.3. The van der Waals surface area contributed by atoms with Crippen molar-refractivity contribution in [3.05, 3.63) is 23.9 Å². The fourth-order valence-corrected chi connectivity index (χ4v) is 3.90. The quantitative estimate of drug-likeness (QED) is 0.325. The van der Waals surface area contributed by atoms with Crippen molar-refractivity contribution in [3.63, 3.8) is 0 Å². The normalized spacial score (nSPS) is 20.9. The van der Waals surface area contributed by atoms with Gasteiger partial charge in [0.25, 0.3) is 0 Å². The van der Waals surface area contributed by atoms with Crippen LogP contribution in [-0.2, 0) is 30.4 Å². The molecule has 0 aromatic carbocycles. The lowest BCUT2D eigenvalue weighted by Gasteiger charge is -2.42. The summed E-state index contributed by atoms with van der Waals surface area (Å²) >= 11 is 0. The molecular formula is C22H29F6N3O8. The molecule has 11 nitrogen and oxygen atoms in total. The summed E-state index contributed by atoms with van der Waals surface area (Å²) in [7, 11) is 3.27. The monoisotopic (exact) mass is 577 g/mol. The topological polar surface area (TPSA) is 148 Å². The van der Waals surface area contributed by atoms with E-state index in [0.29, 0.717) is 32.2 Å². The van der Waals surface area contributed by atoms with Crippen LogP contribution in [0.2, 0.25) is 0 Å². The summed E-state index contributed by atoms with van der Waals surface area (Å²) in [4.78, 5) is 37.2. The lowest BCUT2D eigenvalue weighted by molar-refractivity contribution is -0.193. The minimum absolute atomic E-state index is 0.00193. The Morgan fingerprint density at radius 2 is 1.74 bits per heavy atom. The number of nitrogens with zero attached hydrogens (tertiary/aromatic N) is 2. The molecule has 3 heterocycles. The molecule has 0 unspecified atom stereocenters. The van der Waals surface area contributed by atoms with Crippen molar-refractivity contribution >= 4 is 17.8 Å². The molecule has 0 bridgehead atoms. The van der Waals surface area contributed by atoms with Gasteiger partial charge in [0.1, 0.15) is 0 Å². The number of aliphatic carboxylic acids is 2. The SMILES string of the molecule is COCCNC(=O)[C@@]12CCO[C@@H]1CCN(Cc1cccnc1OC)C2.O=C(O)C(F)(F)F.O=C(O)C(F)(F)F. The number of carbonyl (C=O) groups excluding carboxylic acids is 1. The number of alkyl halides is 6. The second-order valence-electron chi connectivity index (χ2n) is 8.29. The molecule has 3 N–H and O–H groups in total. The van der Waals surface area contributed by atoms with Gasteiger partial charge in [-0.25, -0.2) is 14.6 Å². The number of hydrogen-bond acceptors (Lipinski definition) is 8. The summed E-state index contributed by atoms with van der Waals surface area (Å²) in [5.74, 6) is -4.79. The number of amides is 1. The number of ether oxygens (including phenoxy) is 3. The summed E-state index contributed by atoms with van der Waals surface area (Å²) < 4.78 is 79.7. The smallest absolute Gasteiger partial charge is 0.481 e. The van der Waals surface area contributed by atoms with E-state index in [1.807, 2.05) is 12.1 Å². The third-order valence-electron chi connectivity index (χ3n) is 5.66. The van der Waals surface area contributed by atoms with Crippen LogP contribution in [-0.4, -0.2) is 103 Å². The van der Waals surface area contributed by atoms with Gasteiger partial charge in [0, 0.05) is 51.7 Å². The first kappa shape index (κ1) is 33.8. The van der Waals surface area contributed by atoms with Gasteiger partial charge in [0.15, 0.2) is 0 Å². The van der Waals surface area contributed by atoms with E-state index in [-0.39, 0.29) is 12.0 Å². The molecule has 2 aliphatic rings. The minimum Gasteiger partial charge on any atom is -0.481 e. The zero-order valence-electron chi connectivity index (χ0n) is 21.0. The maximum Gasteiger partial charge on any atom is 0.490 e. The number of halogens is 6. The van der Waals surface area contributed by atoms with Gasteiger partial charge in [-0.3, -0.25) is 9.69 Å². The molecular weight excluding hydrogens is 548 g/mol. The molecule has 39 heavy (non-hydrogen) atoms.